The van der Waals surface area contributed by atoms with E-state index in [2.05, 4.69) is 9.88 Å². The molecule has 7 heteroatoms. The highest BCUT2D eigenvalue weighted by Gasteiger charge is 2.18. The van der Waals surface area contributed by atoms with Crippen molar-refractivity contribution in [2.45, 2.75) is 18.9 Å². The third-order valence-electron chi connectivity index (χ3n) is 5.71. The maximum Gasteiger partial charge on any atom is 0.227 e. The third-order valence-corrected chi connectivity index (χ3v) is 5.96. The summed E-state index contributed by atoms with van der Waals surface area (Å²) >= 11 is 5.93. The molecule has 1 aromatic heterocycles. The van der Waals surface area contributed by atoms with Crippen molar-refractivity contribution in [1.29, 1.82) is 0 Å². The number of rotatable bonds is 8. The predicted molar refractivity (Wildman–Crippen MR) is 130 cm³/mol. The van der Waals surface area contributed by atoms with E-state index >= 15 is 0 Å². The zero-order chi connectivity index (χ0) is 22.6. The zero-order valence-corrected chi connectivity index (χ0v) is 19.0. The van der Waals surface area contributed by atoms with E-state index in [0.717, 1.165) is 49.3 Å². The second kappa shape index (κ2) is 9.83. The van der Waals surface area contributed by atoms with Crippen molar-refractivity contribution in [3.05, 3.63) is 71.8 Å². The summed E-state index contributed by atoms with van der Waals surface area (Å²) in [5.74, 6) is 2.79. The summed E-state index contributed by atoms with van der Waals surface area (Å²) in [7, 11) is 0. The monoisotopic (exact) mass is 463 g/mol. The minimum Gasteiger partial charge on any atom is -0.494 e. The summed E-state index contributed by atoms with van der Waals surface area (Å²) in [4.78, 5) is 7.03. The average Bonchev–Trinajstić information content (AvgIpc) is 3.44. The van der Waals surface area contributed by atoms with Crippen LogP contribution in [0.2, 0.25) is 5.02 Å². The van der Waals surface area contributed by atoms with Gasteiger partial charge in [0.25, 0.3) is 0 Å². The number of hydrogen-bond donors (Lipinski definition) is 1. The molecule has 2 N–H and O–H groups in total. The van der Waals surface area contributed by atoms with Crippen LogP contribution in [0, 0.1) is 0 Å². The number of benzene rings is 3. The minimum absolute atomic E-state index is 0.327. The molecule has 33 heavy (non-hydrogen) atoms. The molecule has 1 saturated heterocycles. The Morgan fingerprint density at radius 1 is 1.00 bits per heavy atom. The van der Waals surface area contributed by atoms with Gasteiger partial charge in [-0.1, -0.05) is 11.6 Å². The molecular formula is C26H26ClN3O3. The molecule has 0 unspecified atom stereocenters. The maximum absolute atomic E-state index is 5.95. The number of oxazole rings is 1. The van der Waals surface area contributed by atoms with Crippen LogP contribution in [0.5, 0.6) is 17.2 Å². The summed E-state index contributed by atoms with van der Waals surface area (Å²) < 4.78 is 17.7. The van der Waals surface area contributed by atoms with Crippen LogP contribution in [-0.2, 0) is 0 Å². The first-order valence-corrected chi connectivity index (χ1v) is 11.6. The Morgan fingerprint density at radius 2 is 1.76 bits per heavy atom. The van der Waals surface area contributed by atoms with Crippen LogP contribution in [0.15, 0.2) is 71.1 Å². The topological polar surface area (TPSA) is 73.8 Å². The highest BCUT2D eigenvalue weighted by molar-refractivity contribution is 6.30. The lowest BCUT2D eigenvalue weighted by atomic mass is 10.2. The van der Waals surface area contributed by atoms with Gasteiger partial charge in [0.2, 0.25) is 5.89 Å². The number of aromatic nitrogens is 1. The van der Waals surface area contributed by atoms with E-state index in [9.17, 15) is 0 Å². The Bertz CT molecular complexity index is 1210. The van der Waals surface area contributed by atoms with Crippen LogP contribution in [0.1, 0.15) is 12.8 Å². The van der Waals surface area contributed by atoms with E-state index in [-0.39, 0.29) is 0 Å². The van der Waals surface area contributed by atoms with Gasteiger partial charge in [0.15, 0.2) is 5.58 Å². The van der Waals surface area contributed by atoms with E-state index in [0.29, 0.717) is 40.6 Å². The summed E-state index contributed by atoms with van der Waals surface area (Å²) in [6.07, 6.45) is 2.08. The average molecular weight is 464 g/mol. The Morgan fingerprint density at radius 3 is 2.52 bits per heavy atom. The molecule has 0 aliphatic carbocycles. The molecule has 0 saturated carbocycles. The quantitative estimate of drug-likeness (QED) is 0.336. The lowest BCUT2D eigenvalue weighted by molar-refractivity contribution is 0.262. The fourth-order valence-electron chi connectivity index (χ4n) is 3.97. The highest BCUT2D eigenvalue weighted by Crippen LogP contribution is 2.30. The van der Waals surface area contributed by atoms with Crippen molar-refractivity contribution in [3.8, 4) is 28.7 Å². The molecule has 0 amide bonds. The number of nitrogens with two attached hydrogens (primary N) is 1. The molecule has 170 valence electrons. The van der Waals surface area contributed by atoms with Crippen LogP contribution in [-0.4, -0.2) is 42.2 Å². The van der Waals surface area contributed by atoms with E-state index in [1.165, 1.54) is 0 Å². The molecule has 3 aromatic carbocycles. The smallest absolute Gasteiger partial charge is 0.227 e. The Hall–Kier alpha value is -3.06. The van der Waals surface area contributed by atoms with Crippen LogP contribution in [0.4, 0.5) is 0 Å². The molecule has 2 heterocycles. The Kier molecular flexibility index (Phi) is 6.48. The first-order valence-electron chi connectivity index (χ1n) is 11.2. The van der Waals surface area contributed by atoms with Gasteiger partial charge in [-0.3, -0.25) is 0 Å². The molecular weight excluding hydrogens is 438 g/mol. The predicted octanol–water partition coefficient (Wildman–Crippen LogP) is 5.74. The summed E-state index contributed by atoms with van der Waals surface area (Å²) in [5, 5.41) is 0.669. The minimum atomic E-state index is 0.327. The number of halogens is 1. The first kappa shape index (κ1) is 21.8. The lowest BCUT2D eigenvalue weighted by Gasteiger charge is -2.15. The zero-order valence-electron chi connectivity index (χ0n) is 18.2. The Labute approximate surface area is 197 Å². The van der Waals surface area contributed by atoms with E-state index in [1.807, 2.05) is 54.6 Å². The van der Waals surface area contributed by atoms with Gasteiger partial charge in [-0.25, -0.2) is 4.98 Å². The van der Waals surface area contributed by atoms with Crippen molar-refractivity contribution >= 4 is 22.7 Å². The van der Waals surface area contributed by atoms with E-state index in [4.69, 9.17) is 31.2 Å². The van der Waals surface area contributed by atoms with Gasteiger partial charge in [0, 0.05) is 35.8 Å². The number of hydrogen-bond acceptors (Lipinski definition) is 6. The van der Waals surface area contributed by atoms with Gasteiger partial charge < -0.3 is 24.5 Å². The molecule has 1 aliphatic heterocycles. The van der Waals surface area contributed by atoms with Crippen molar-refractivity contribution in [2.24, 2.45) is 5.73 Å². The maximum atomic E-state index is 5.95. The highest BCUT2D eigenvalue weighted by atomic mass is 35.5. The molecule has 0 spiro atoms. The molecule has 0 radical (unpaired) electrons. The fraction of sp³-hybridized carbons (Fsp3) is 0.269. The van der Waals surface area contributed by atoms with Crippen molar-refractivity contribution < 1.29 is 13.9 Å². The van der Waals surface area contributed by atoms with Gasteiger partial charge >= 0.3 is 0 Å². The summed E-state index contributed by atoms with van der Waals surface area (Å²) in [5.41, 5.74) is 8.29. The third kappa shape index (κ3) is 5.47. The van der Waals surface area contributed by atoms with Crippen molar-refractivity contribution in [3.63, 3.8) is 0 Å². The molecule has 4 aromatic rings. The lowest BCUT2D eigenvalue weighted by Crippen LogP contribution is -2.28. The second-order valence-electron chi connectivity index (χ2n) is 8.28. The number of nitrogens with zero attached hydrogens (tertiary/aromatic N) is 2. The van der Waals surface area contributed by atoms with E-state index < -0.39 is 0 Å². The van der Waals surface area contributed by atoms with Gasteiger partial charge in [0.05, 0.1) is 6.61 Å². The first-order chi connectivity index (χ1) is 16.1. The normalized spacial score (nSPS) is 16.4. The van der Waals surface area contributed by atoms with Gasteiger partial charge in [0.1, 0.15) is 22.8 Å². The SMILES string of the molecule is N[C@@H]1CCN(CCCOc2ccc(-c3nc4cc(Oc5ccc(Cl)cc5)ccc4o3)cc2)C1. The summed E-state index contributed by atoms with van der Waals surface area (Å²) in [6, 6.07) is 21.0. The number of likely N-dealkylation sites (tertiary alicyclic amines) is 1. The molecule has 0 bridgehead atoms. The van der Waals surface area contributed by atoms with Crippen molar-refractivity contribution in [1.82, 2.24) is 9.88 Å². The Balaban J connectivity index is 1.19. The molecule has 1 atom stereocenters. The fourth-order valence-corrected chi connectivity index (χ4v) is 4.10. The summed E-state index contributed by atoms with van der Waals surface area (Å²) in [6.45, 7) is 3.80. The van der Waals surface area contributed by atoms with Gasteiger partial charge in [-0.15, -0.1) is 0 Å². The standard InChI is InChI=1S/C26H26ClN3O3/c27-19-4-8-22(9-5-19)32-23-10-11-25-24(16-23)29-26(33-25)18-2-6-21(7-3-18)31-15-1-13-30-14-12-20(28)17-30/h2-11,16,20H,1,12-15,17,28H2/t20-/m1/s1. The van der Waals surface area contributed by atoms with Crippen LogP contribution >= 0.6 is 11.6 Å². The number of fused-ring (bicyclic) bond motifs is 1. The van der Waals surface area contributed by atoms with Gasteiger partial charge in [-0.2, -0.15) is 0 Å². The molecule has 1 fully saturated rings. The van der Waals surface area contributed by atoms with Crippen molar-refractivity contribution in [2.75, 3.05) is 26.2 Å². The van der Waals surface area contributed by atoms with Crippen LogP contribution in [0.3, 0.4) is 0 Å². The van der Waals surface area contributed by atoms with E-state index in [1.54, 1.807) is 12.1 Å². The molecule has 6 nitrogen and oxygen atoms in total. The van der Waals surface area contributed by atoms with Gasteiger partial charge in [-0.05, 0) is 80.1 Å². The largest absolute Gasteiger partial charge is 0.494 e. The van der Waals surface area contributed by atoms with Crippen LogP contribution in [0.25, 0.3) is 22.6 Å². The number of ether oxygens (including phenoxy) is 2. The molecule has 1 aliphatic rings. The second-order valence-corrected chi connectivity index (χ2v) is 8.72. The van der Waals surface area contributed by atoms with Crippen LogP contribution < -0.4 is 15.2 Å². The molecule has 5 rings (SSSR count).